The first-order valence-corrected chi connectivity index (χ1v) is 7.16. The third kappa shape index (κ3) is 4.27. The van der Waals surface area contributed by atoms with Crippen molar-refractivity contribution in [2.24, 2.45) is 5.92 Å². The molecule has 1 amide bonds. The Morgan fingerprint density at radius 2 is 2.56 bits per heavy atom. The van der Waals surface area contributed by atoms with E-state index >= 15 is 0 Å². The van der Waals surface area contributed by atoms with Crippen molar-refractivity contribution < 1.29 is 9.53 Å². The Balaban J connectivity index is 1.56. The Kier molecular flexibility index (Phi) is 4.95. The summed E-state index contributed by atoms with van der Waals surface area (Å²) in [5.74, 6) is 0.534. The number of nitrogens with one attached hydrogen (secondary N) is 1. The zero-order valence-electron chi connectivity index (χ0n) is 10.4. The minimum absolute atomic E-state index is 0.128. The number of thiazole rings is 1. The van der Waals surface area contributed by atoms with Gasteiger partial charge in [-0.05, 0) is 25.2 Å². The molecule has 0 spiro atoms. The third-order valence-electron chi connectivity index (χ3n) is 3.00. The van der Waals surface area contributed by atoms with Crippen molar-refractivity contribution in [3.8, 4) is 0 Å². The number of carbonyl (C=O) groups is 1. The predicted octanol–water partition coefficient (Wildman–Crippen LogP) is 1.20. The van der Waals surface area contributed by atoms with Gasteiger partial charge in [0.2, 0.25) is 5.91 Å². The van der Waals surface area contributed by atoms with E-state index in [1.165, 1.54) is 11.3 Å². The molecule has 1 aliphatic heterocycles. The standard InChI is InChI=1S/C12H19N3O2S/c13-12-15-10(8-18-12)2-1-4-14-11(16)6-9-3-5-17-7-9/h8-9H,1-7H2,(H2,13,15)(H,14,16). The molecule has 0 aromatic carbocycles. The predicted molar refractivity (Wildman–Crippen MR) is 71.4 cm³/mol. The highest BCUT2D eigenvalue weighted by Crippen LogP contribution is 2.16. The summed E-state index contributed by atoms with van der Waals surface area (Å²) in [7, 11) is 0. The van der Waals surface area contributed by atoms with Crippen molar-refractivity contribution in [1.82, 2.24) is 10.3 Å². The van der Waals surface area contributed by atoms with Gasteiger partial charge in [-0.2, -0.15) is 0 Å². The monoisotopic (exact) mass is 269 g/mol. The van der Waals surface area contributed by atoms with E-state index in [-0.39, 0.29) is 5.91 Å². The van der Waals surface area contributed by atoms with Crippen molar-refractivity contribution in [2.45, 2.75) is 25.7 Å². The van der Waals surface area contributed by atoms with E-state index in [1.54, 1.807) is 0 Å². The van der Waals surface area contributed by atoms with Crippen LogP contribution in [-0.4, -0.2) is 30.6 Å². The minimum Gasteiger partial charge on any atom is -0.381 e. The first-order valence-electron chi connectivity index (χ1n) is 6.28. The van der Waals surface area contributed by atoms with Crippen molar-refractivity contribution in [2.75, 3.05) is 25.5 Å². The summed E-state index contributed by atoms with van der Waals surface area (Å²) in [5, 5.41) is 5.51. The Morgan fingerprint density at radius 1 is 1.67 bits per heavy atom. The molecule has 1 aromatic rings. The molecule has 1 aliphatic rings. The van der Waals surface area contributed by atoms with Gasteiger partial charge in [0.05, 0.1) is 5.69 Å². The number of carbonyl (C=O) groups excluding carboxylic acids is 1. The molecule has 2 rings (SSSR count). The summed E-state index contributed by atoms with van der Waals surface area (Å²) in [6, 6.07) is 0. The van der Waals surface area contributed by atoms with Crippen LogP contribution in [-0.2, 0) is 16.0 Å². The maximum atomic E-state index is 11.6. The quantitative estimate of drug-likeness (QED) is 0.761. The Bertz CT molecular complexity index is 388. The second-order valence-corrected chi connectivity index (χ2v) is 5.45. The number of amides is 1. The molecule has 6 heteroatoms. The largest absolute Gasteiger partial charge is 0.381 e. The third-order valence-corrected chi connectivity index (χ3v) is 3.72. The number of anilines is 1. The molecule has 0 bridgehead atoms. The van der Waals surface area contributed by atoms with Crippen LogP contribution in [0.3, 0.4) is 0 Å². The van der Waals surface area contributed by atoms with E-state index in [0.717, 1.165) is 38.2 Å². The second-order valence-electron chi connectivity index (χ2n) is 4.56. The Morgan fingerprint density at radius 3 is 3.22 bits per heavy atom. The zero-order valence-corrected chi connectivity index (χ0v) is 11.2. The van der Waals surface area contributed by atoms with E-state index in [2.05, 4.69) is 10.3 Å². The number of rotatable bonds is 6. The van der Waals surface area contributed by atoms with Crippen LogP contribution in [0.1, 0.15) is 25.0 Å². The van der Waals surface area contributed by atoms with Crippen molar-refractivity contribution in [3.05, 3.63) is 11.1 Å². The van der Waals surface area contributed by atoms with Crippen molar-refractivity contribution in [1.29, 1.82) is 0 Å². The zero-order chi connectivity index (χ0) is 12.8. The highest BCUT2D eigenvalue weighted by Gasteiger charge is 2.18. The van der Waals surface area contributed by atoms with Gasteiger partial charge in [0.1, 0.15) is 0 Å². The average molecular weight is 269 g/mol. The molecule has 5 nitrogen and oxygen atoms in total. The van der Waals surface area contributed by atoms with Crippen LogP contribution in [0.2, 0.25) is 0 Å². The van der Waals surface area contributed by atoms with Gasteiger partial charge in [-0.25, -0.2) is 4.98 Å². The van der Waals surface area contributed by atoms with E-state index in [9.17, 15) is 4.79 Å². The van der Waals surface area contributed by atoms with Crippen LogP contribution in [0.5, 0.6) is 0 Å². The van der Waals surface area contributed by atoms with E-state index < -0.39 is 0 Å². The van der Waals surface area contributed by atoms with Gasteiger partial charge in [0, 0.05) is 31.6 Å². The van der Waals surface area contributed by atoms with Crippen LogP contribution < -0.4 is 11.1 Å². The summed E-state index contributed by atoms with van der Waals surface area (Å²) in [4.78, 5) is 15.8. The average Bonchev–Trinajstić information content (AvgIpc) is 2.96. The number of nitrogen functional groups attached to an aromatic ring is 1. The molecule has 100 valence electrons. The lowest BCUT2D eigenvalue weighted by Gasteiger charge is -2.08. The van der Waals surface area contributed by atoms with Gasteiger partial charge in [-0.15, -0.1) is 11.3 Å². The highest BCUT2D eigenvalue weighted by molar-refractivity contribution is 7.13. The molecule has 1 unspecified atom stereocenters. The molecular formula is C12H19N3O2S. The fourth-order valence-corrected chi connectivity index (χ4v) is 2.61. The molecule has 1 saturated heterocycles. The van der Waals surface area contributed by atoms with Gasteiger partial charge in [0.25, 0.3) is 0 Å². The van der Waals surface area contributed by atoms with Gasteiger partial charge in [-0.1, -0.05) is 0 Å². The number of nitrogens with zero attached hydrogens (tertiary/aromatic N) is 1. The maximum absolute atomic E-state index is 11.6. The van der Waals surface area contributed by atoms with Crippen LogP contribution in [0.15, 0.2) is 5.38 Å². The van der Waals surface area contributed by atoms with Crippen LogP contribution >= 0.6 is 11.3 Å². The molecule has 3 N–H and O–H groups in total. The molecule has 0 aliphatic carbocycles. The molecule has 1 fully saturated rings. The Hall–Kier alpha value is -1.14. The minimum atomic E-state index is 0.128. The topological polar surface area (TPSA) is 77.2 Å². The number of ether oxygens (including phenoxy) is 1. The fourth-order valence-electron chi connectivity index (χ4n) is 2.01. The highest BCUT2D eigenvalue weighted by atomic mass is 32.1. The summed E-state index contributed by atoms with van der Waals surface area (Å²) >= 11 is 1.46. The van der Waals surface area contributed by atoms with E-state index in [4.69, 9.17) is 10.5 Å². The van der Waals surface area contributed by atoms with Crippen LogP contribution in [0.4, 0.5) is 5.13 Å². The molecule has 1 atom stereocenters. The molecule has 0 saturated carbocycles. The second kappa shape index (κ2) is 6.70. The number of aryl methyl sites for hydroxylation is 1. The fraction of sp³-hybridized carbons (Fsp3) is 0.667. The first-order chi connectivity index (χ1) is 8.74. The summed E-state index contributed by atoms with van der Waals surface area (Å²) in [6.45, 7) is 2.22. The summed E-state index contributed by atoms with van der Waals surface area (Å²) in [5.41, 5.74) is 6.56. The molecule has 18 heavy (non-hydrogen) atoms. The first kappa shape index (κ1) is 13.3. The maximum Gasteiger partial charge on any atom is 0.220 e. The molecule has 2 heterocycles. The number of aromatic nitrogens is 1. The summed E-state index contributed by atoms with van der Waals surface area (Å²) < 4.78 is 5.24. The summed E-state index contributed by atoms with van der Waals surface area (Å²) in [6.07, 6.45) is 3.35. The lowest BCUT2D eigenvalue weighted by Crippen LogP contribution is -2.27. The van der Waals surface area contributed by atoms with Gasteiger partial charge in [0.15, 0.2) is 5.13 Å². The van der Waals surface area contributed by atoms with Crippen molar-refractivity contribution in [3.63, 3.8) is 0 Å². The number of nitrogens with two attached hydrogens (primary N) is 1. The number of hydrogen-bond donors (Lipinski definition) is 2. The molecule has 0 radical (unpaired) electrons. The van der Waals surface area contributed by atoms with Gasteiger partial charge < -0.3 is 15.8 Å². The normalized spacial score (nSPS) is 19.0. The lowest BCUT2D eigenvalue weighted by atomic mass is 10.0. The van der Waals surface area contributed by atoms with Gasteiger partial charge in [-0.3, -0.25) is 4.79 Å². The van der Waals surface area contributed by atoms with Gasteiger partial charge >= 0.3 is 0 Å². The van der Waals surface area contributed by atoms with Crippen LogP contribution in [0.25, 0.3) is 0 Å². The number of hydrogen-bond acceptors (Lipinski definition) is 5. The smallest absolute Gasteiger partial charge is 0.220 e. The SMILES string of the molecule is Nc1nc(CCCNC(=O)CC2CCOC2)cs1. The van der Waals surface area contributed by atoms with Crippen molar-refractivity contribution >= 4 is 22.4 Å². The Labute approximate surface area is 111 Å². The molecule has 1 aromatic heterocycles. The lowest BCUT2D eigenvalue weighted by molar-refractivity contribution is -0.122. The van der Waals surface area contributed by atoms with Crippen LogP contribution in [0, 0.1) is 5.92 Å². The molecular weight excluding hydrogens is 250 g/mol. The van der Waals surface area contributed by atoms with E-state index in [0.29, 0.717) is 24.0 Å². The van der Waals surface area contributed by atoms with E-state index in [1.807, 2.05) is 5.38 Å².